The Hall–Kier alpha value is -2.40. The Morgan fingerprint density at radius 3 is 2.40 bits per heavy atom. The van der Waals surface area contributed by atoms with Gasteiger partial charge in [-0.2, -0.15) is 0 Å². The van der Waals surface area contributed by atoms with Gasteiger partial charge in [0.25, 0.3) is 0 Å². The lowest BCUT2D eigenvalue weighted by atomic mass is 9.80. The molecule has 0 spiro atoms. The number of rotatable bonds is 5. The second-order valence-electron chi connectivity index (χ2n) is 8.82. The molecule has 2 aromatic carbocycles. The number of piperidine rings is 1. The summed E-state index contributed by atoms with van der Waals surface area (Å²) < 4.78 is 14.6. The number of anilines is 1. The number of hydrogen-bond acceptors (Lipinski definition) is 3. The van der Waals surface area contributed by atoms with Crippen LogP contribution >= 0.6 is 0 Å². The molecule has 4 rings (SSSR count). The molecule has 0 aliphatic carbocycles. The molecule has 2 aromatic rings. The average Bonchev–Trinajstić information content (AvgIpc) is 3.26. The van der Waals surface area contributed by atoms with Gasteiger partial charge in [-0.05, 0) is 61.9 Å². The first-order chi connectivity index (χ1) is 14.5. The molecule has 30 heavy (non-hydrogen) atoms. The summed E-state index contributed by atoms with van der Waals surface area (Å²) in [4.78, 5) is 16.8. The molecule has 2 saturated heterocycles. The molecule has 4 nitrogen and oxygen atoms in total. The molecule has 0 aromatic heterocycles. The summed E-state index contributed by atoms with van der Waals surface area (Å²) in [5.74, 6) is -0.354. The molecule has 5 heteroatoms. The van der Waals surface area contributed by atoms with Crippen molar-refractivity contribution in [3.05, 3.63) is 65.0 Å². The Labute approximate surface area is 179 Å². The van der Waals surface area contributed by atoms with Crippen molar-refractivity contribution in [1.29, 1.82) is 0 Å². The van der Waals surface area contributed by atoms with Crippen molar-refractivity contribution in [2.75, 3.05) is 31.1 Å². The van der Waals surface area contributed by atoms with Crippen LogP contribution in [0, 0.1) is 12.7 Å². The molecule has 0 saturated carbocycles. The van der Waals surface area contributed by atoms with E-state index in [2.05, 4.69) is 40.2 Å². The number of benzene rings is 2. The summed E-state index contributed by atoms with van der Waals surface area (Å²) in [6.07, 6.45) is 3.98. The first kappa shape index (κ1) is 20.9. The van der Waals surface area contributed by atoms with Crippen molar-refractivity contribution in [1.82, 2.24) is 10.2 Å². The van der Waals surface area contributed by atoms with Gasteiger partial charge in [-0.25, -0.2) is 4.39 Å². The monoisotopic (exact) mass is 409 g/mol. The maximum Gasteiger partial charge on any atom is 0.217 e. The lowest BCUT2D eigenvalue weighted by molar-refractivity contribution is -0.121. The third kappa shape index (κ3) is 4.36. The Morgan fingerprint density at radius 2 is 1.77 bits per heavy atom. The predicted molar refractivity (Wildman–Crippen MR) is 119 cm³/mol. The number of nitrogens with one attached hydrogen (secondary N) is 1. The van der Waals surface area contributed by atoms with Gasteiger partial charge in [-0.15, -0.1) is 0 Å². The smallest absolute Gasteiger partial charge is 0.217 e. The van der Waals surface area contributed by atoms with Crippen LogP contribution in [0.4, 0.5) is 10.1 Å². The molecular weight excluding hydrogens is 377 g/mol. The summed E-state index contributed by atoms with van der Waals surface area (Å²) in [6, 6.07) is 13.7. The third-order valence-corrected chi connectivity index (χ3v) is 6.71. The molecular formula is C25H32FN3O. The number of hydrogen-bond donors (Lipinski definition) is 1. The van der Waals surface area contributed by atoms with Crippen molar-refractivity contribution in [3.8, 4) is 0 Å². The highest BCUT2D eigenvalue weighted by atomic mass is 19.1. The van der Waals surface area contributed by atoms with Crippen LogP contribution in [-0.2, 0) is 16.9 Å². The molecule has 0 radical (unpaired) electrons. The van der Waals surface area contributed by atoms with E-state index in [9.17, 15) is 9.18 Å². The van der Waals surface area contributed by atoms with Crippen LogP contribution in [0.1, 0.15) is 49.3 Å². The number of halogens is 1. The first-order valence-corrected chi connectivity index (χ1v) is 11.1. The molecule has 0 atom stereocenters. The molecule has 2 aliphatic rings. The minimum atomic E-state index is -0.623. The normalized spacial score (nSPS) is 19.1. The highest BCUT2D eigenvalue weighted by Crippen LogP contribution is 2.35. The van der Waals surface area contributed by atoms with Gasteiger partial charge in [0.05, 0.1) is 5.54 Å². The van der Waals surface area contributed by atoms with Gasteiger partial charge >= 0.3 is 0 Å². The van der Waals surface area contributed by atoms with Crippen molar-refractivity contribution < 1.29 is 9.18 Å². The predicted octanol–water partition coefficient (Wildman–Crippen LogP) is 4.36. The van der Waals surface area contributed by atoms with Crippen molar-refractivity contribution in [2.24, 2.45) is 0 Å². The number of carbonyl (C=O) groups excluding carboxylic acids is 1. The number of carbonyl (C=O) groups is 1. The van der Waals surface area contributed by atoms with Gasteiger partial charge in [0, 0.05) is 50.9 Å². The molecule has 0 bridgehead atoms. The van der Waals surface area contributed by atoms with E-state index in [0.717, 1.165) is 32.7 Å². The minimum absolute atomic E-state index is 0.111. The zero-order valence-corrected chi connectivity index (χ0v) is 18.1. The average molecular weight is 410 g/mol. The summed E-state index contributed by atoms with van der Waals surface area (Å²) in [5, 5.41) is 3.08. The Bertz CT molecular complexity index is 899. The van der Waals surface area contributed by atoms with Crippen molar-refractivity contribution >= 4 is 11.6 Å². The van der Waals surface area contributed by atoms with Crippen LogP contribution < -0.4 is 10.2 Å². The molecule has 1 amide bonds. The van der Waals surface area contributed by atoms with E-state index in [1.807, 2.05) is 12.1 Å². The molecule has 1 N–H and O–H groups in total. The van der Waals surface area contributed by atoms with E-state index >= 15 is 0 Å². The maximum absolute atomic E-state index is 14.6. The van der Waals surface area contributed by atoms with Crippen LogP contribution in [-0.4, -0.2) is 37.0 Å². The maximum atomic E-state index is 14.6. The van der Waals surface area contributed by atoms with Gasteiger partial charge in [-0.1, -0.05) is 24.3 Å². The fourth-order valence-electron chi connectivity index (χ4n) is 5.01. The molecule has 160 valence electrons. The fraction of sp³-hybridized carbons (Fsp3) is 0.480. The molecule has 2 heterocycles. The van der Waals surface area contributed by atoms with E-state index in [1.165, 1.54) is 42.6 Å². The van der Waals surface area contributed by atoms with Gasteiger partial charge in [-0.3, -0.25) is 9.69 Å². The van der Waals surface area contributed by atoms with E-state index in [0.29, 0.717) is 18.4 Å². The molecule has 2 fully saturated rings. The second-order valence-corrected chi connectivity index (χ2v) is 8.82. The number of amides is 1. The van der Waals surface area contributed by atoms with Crippen molar-refractivity contribution in [3.63, 3.8) is 0 Å². The van der Waals surface area contributed by atoms with Crippen LogP contribution in [0.3, 0.4) is 0 Å². The zero-order chi connectivity index (χ0) is 21.1. The van der Waals surface area contributed by atoms with Crippen LogP contribution in [0.25, 0.3) is 0 Å². The lowest BCUT2D eigenvalue weighted by Gasteiger charge is -2.43. The largest absolute Gasteiger partial charge is 0.372 e. The van der Waals surface area contributed by atoms with Gasteiger partial charge in [0.15, 0.2) is 0 Å². The topological polar surface area (TPSA) is 35.6 Å². The quantitative estimate of drug-likeness (QED) is 0.797. The van der Waals surface area contributed by atoms with Gasteiger partial charge < -0.3 is 10.2 Å². The highest BCUT2D eigenvalue weighted by molar-refractivity contribution is 5.74. The third-order valence-electron chi connectivity index (χ3n) is 6.71. The summed E-state index contributed by atoms with van der Waals surface area (Å²) in [5.41, 5.74) is 3.98. The van der Waals surface area contributed by atoms with Crippen LogP contribution in [0.15, 0.2) is 42.5 Å². The molecule has 2 aliphatic heterocycles. The van der Waals surface area contributed by atoms with Crippen LogP contribution in [0.5, 0.6) is 0 Å². The number of aryl methyl sites for hydroxylation is 1. The second kappa shape index (κ2) is 8.76. The highest BCUT2D eigenvalue weighted by Gasteiger charge is 2.38. The number of nitrogens with zero attached hydrogens (tertiary/aromatic N) is 2. The minimum Gasteiger partial charge on any atom is -0.372 e. The van der Waals surface area contributed by atoms with Gasteiger partial charge in [0.2, 0.25) is 5.91 Å². The van der Waals surface area contributed by atoms with E-state index in [4.69, 9.17) is 0 Å². The van der Waals surface area contributed by atoms with E-state index < -0.39 is 5.54 Å². The lowest BCUT2D eigenvalue weighted by Crippen LogP contribution is -2.52. The summed E-state index contributed by atoms with van der Waals surface area (Å²) in [6.45, 7) is 8.56. The Kier molecular flexibility index (Phi) is 6.09. The van der Waals surface area contributed by atoms with E-state index in [1.54, 1.807) is 6.07 Å². The zero-order valence-electron chi connectivity index (χ0n) is 18.1. The fourth-order valence-corrected chi connectivity index (χ4v) is 5.01. The first-order valence-electron chi connectivity index (χ1n) is 11.1. The Balaban J connectivity index is 1.45. The molecule has 0 unspecified atom stereocenters. The summed E-state index contributed by atoms with van der Waals surface area (Å²) >= 11 is 0. The SMILES string of the molecule is CC(=O)NC1(c2ccccc2F)CCN(Cc2ccc(N3CCCC3)cc2C)CC1. The number of likely N-dealkylation sites (tertiary alicyclic amines) is 1. The van der Waals surface area contributed by atoms with Crippen molar-refractivity contribution in [2.45, 2.75) is 51.6 Å². The van der Waals surface area contributed by atoms with Gasteiger partial charge in [0.1, 0.15) is 5.82 Å². The van der Waals surface area contributed by atoms with Crippen LogP contribution in [0.2, 0.25) is 0 Å². The summed E-state index contributed by atoms with van der Waals surface area (Å²) in [7, 11) is 0. The Morgan fingerprint density at radius 1 is 1.07 bits per heavy atom. The van der Waals surface area contributed by atoms with E-state index in [-0.39, 0.29) is 11.7 Å². The standard InChI is InChI=1S/C25H32FN3O/c1-19-17-22(29-13-5-6-14-29)10-9-21(19)18-28-15-11-25(12-16-28,27-20(2)30)23-7-3-4-8-24(23)26/h3-4,7-10,17H,5-6,11-16,18H2,1-2H3,(H,27,30).